The molecule has 1 aromatic heterocycles. The fourth-order valence-electron chi connectivity index (χ4n) is 4.10. The van der Waals surface area contributed by atoms with Crippen molar-refractivity contribution in [2.24, 2.45) is 5.92 Å². The minimum Gasteiger partial charge on any atom is -0.356 e. The van der Waals surface area contributed by atoms with Gasteiger partial charge in [-0.3, -0.25) is 0 Å². The molecule has 2 saturated heterocycles. The Morgan fingerprint density at radius 1 is 1.33 bits per heavy atom. The first-order valence-electron chi connectivity index (χ1n) is 8.24. The maximum atomic E-state index is 4.75. The summed E-state index contributed by atoms with van der Waals surface area (Å²) < 4.78 is 0. The highest BCUT2D eigenvalue weighted by molar-refractivity contribution is 5.48. The maximum absolute atomic E-state index is 4.75. The Bertz CT molecular complexity index is 488. The van der Waals surface area contributed by atoms with Crippen LogP contribution in [0.5, 0.6) is 0 Å². The highest BCUT2D eigenvalue weighted by Gasteiger charge is 2.34. The Morgan fingerprint density at radius 3 is 2.95 bits per heavy atom. The second-order valence-corrected chi connectivity index (χ2v) is 6.70. The predicted octanol–water partition coefficient (Wildman–Crippen LogP) is 2.03. The third-order valence-corrected chi connectivity index (χ3v) is 5.13. The molecule has 1 N–H and O–H groups in total. The number of nitrogens with one attached hydrogen (secondary N) is 1. The average Bonchev–Trinajstić information content (AvgIpc) is 2.48. The minimum atomic E-state index is 0.791. The number of nitrogens with zero attached hydrogens (tertiary/aromatic N) is 3. The van der Waals surface area contributed by atoms with Crippen LogP contribution in [-0.4, -0.2) is 49.7 Å². The number of aryl methyl sites for hydroxylation is 1. The summed E-state index contributed by atoms with van der Waals surface area (Å²) in [6.07, 6.45) is 6.03. The lowest BCUT2D eigenvalue weighted by molar-refractivity contribution is 0.102. The summed E-state index contributed by atoms with van der Waals surface area (Å²) in [5.74, 6) is 2.01. The lowest BCUT2D eigenvalue weighted by Crippen LogP contribution is -2.53. The molecule has 4 heteroatoms. The van der Waals surface area contributed by atoms with E-state index in [2.05, 4.69) is 35.2 Å². The van der Waals surface area contributed by atoms with Crippen LogP contribution in [0, 0.1) is 12.8 Å². The molecule has 2 atom stereocenters. The lowest BCUT2D eigenvalue weighted by atomic mass is 9.84. The highest BCUT2D eigenvalue weighted by Crippen LogP contribution is 2.32. The van der Waals surface area contributed by atoms with E-state index in [0.29, 0.717) is 0 Å². The summed E-state index contributed by atoms with van der Waals surface area (Å²) in [6, 6.07) is 3.07. The predicted molar refractivity (Wildman–Crippen MR) is 87.7 cm³/mol. The Morgan fingerprint density at radius 2 is 2.19 bits per heavy atom. The second kappa shape index (κ2) is 6.32. The number of piperidine rings is 2. The number of likely N-dealkylation sites (tertiary alicyclic amines) is 1. The summed E-state index contributed by atoms with van der Waals surface area (Å²) in [7, 11) is 4.27. The Kier molecular flexibility index (Phi) is 4.45. The molecule has 0 aliphatic carbocycles. The van der Waals surface area contributed by atoms with Gasteiger partial charge in [-0.1, -0.05) is 0 Å². The fourth-order valence-corrected chi connectivity index (χ4v) is 4.10. The smallest absolute Gasteiger partial charge is 0.131 e. The number of anilines is 1. The van der Waals surface area contributed by atoms with Gasteiger partial charge < -0.3 is 15.1 Å². The number of fused-ring (bicyclic) bond motifs is 1. The summed E-state index contributed by atoms with van der Waals surface area (Å²) in [5.41, 5.74) is 2.58. The van der Waals surface area contributed by atoms with Gasteiger partial charge >= 0.3 is 0 Å². The van der Waals surface area contributed by atoms with Crippen LogP contribution in [0.4, 0.5) is 5.82 Å². The molecule has 0 saturated carbocycles. The summed E-state index contributed by atoms with van der Waals surface area (Å²) >= 11 is 0. The Balaban J connectivity index is 1.73. The number of pyridine rings is 1. The third-order valence-electron chi connectivity index (χ3n) is 5.13. The molecule has 2 aliphatic rings. The van der Waals surface area contributed by atoms with Crippen molar-refractivity contribution in [1.82, 2.24) is 15.2 Å². The van der Waals surface area contributed by atoms with Crippen molar-refractivity contribution in [3.05, 3.63) is 23.4 Å². The van der Waals surface area contributed by atoms with E-state index in [-0.39, 0.29) is 0 Å². The van der Waals surface area contributed by atoms with Crippen molar-refractivity contribution in [3.8, 4) is 0 Å². The van der Waals surface area contributed by atoms with E-state index >= 15 is 0 Å². The van der Waals surface area contributed by atoms with Crippen LogP contribution in [0.25, 0.3) is 0 Å². The normalized spacial score (nSPS) is 26.7. The molecule has 2 unspecified atom stereocenters. The highest BCUT2D eigenvalue weighted by atomic mass is 15.2. The van der Waals surface area contributed by atoms with Gasteiger partial charge in [0.15, 0.2) is 0 Å². The molecule has 1 aromatic rings. The molecule has 3 rings (SSSR count). The molecule has 4 nitrogen and oxygen atoms in total. The van der Waals surface area contributed by atoms with Crippen molar-refractivity contribution in [1.29, 1.82) is 0 Å². The summed E-state index contributed by atoms with van der Waals surface area (Å²) in [5, 5.41) is 3.19. The van der Waals surface area contributed by atoms with E-state index in [4.69, 9.17) is 4.98 Å². The molecule has 3 heterocycles. The molecule has 0 amide bonds. The topological polar surface area (TPSA) is 31.4 Å². The van der Waals surface area contributed by atoms with Crippen LogP contribution >= 0.6 is 0 Å². The van der Waals surface area contributed by atoms with Crippen molar-refractivity contribution in [2.75, 3.05) is 38.6 Å². The molecule has 2 aliphatic heterocycles. The van der Waals surface area contributed by atoms with Gasteiger partial charge in [0, 0.05) is 31.9 Å². The number of rotatable bonds is 3. The molecule has 21 heavy (non-hydrogen) atoms. The van der Waals surface area contributed by atoms with Gasteiger partial charge in [0.2, 0.25) is 0 Å². The number of hydrogen-bond acceptors (Lipinski definition) is 4. The first kappa shape index (κ1) is 14.8. The van der Waals surface area contributed by atoms with Gasteiger partial charge in [-0.25, -0.2) is 4.98 Å². The Labute approximate surface area is 128 Å². The molecule has 0 radical (unpaired) electrons. The van der Waals surface area contributed by atoms with Gasteiger partial charge in [-0.2, -0.15) is 0 Å². The SMILES string of the molecule is CNCc1cnc(N2CCC3C(CCCN3C)C2)c(C)c1. The standard InChI is InChI=1S/C17H28N4/c1-13-9-14(10-18-2)11-19-17(13)21-8-6-16-15(12-21)5-4-7-20(16)3/h9,11,15-16,18H,4-8,10,12H2,1-3H3. The van der Waals surface area contributed by atoms with Crippen molar-refractivity contribution >= 4 is 5.82 Å². The van der Waals surface area contributed by atoms with Gasteiger partial charge in [-0.15, -0.1) is 0 Å². The lowest BCUT2D eigenvalue weighted by Gasteiger charge is -2.46. The van der Waals surface area contributed by atoms with E-state index in [1.165, 1.54) is 49.3 Å². The molecule has 0 bridgehead atoms. The molecule has 2 fully saturated rings. The van der Waals surface area contributed by atoms with E-state index in [1.807, 2.05) is 13.2 Å². The van der Waals surface area contributed by atoms with Gasteiger partial charge in [0.25, 0.3) is 0 Å². The van der Waals surface area contributed by atoms with E-state index in [0.717, 1.165) is 25.0 Å². The quantitative estimate of drug-likeness (QED) is 0.922. The molecule has 116 valence electrons. The number of hydrogen-bond donors (Lipinski definition) is 1. The molecule has 0 aromatic carbocycles. The van der Waals surface area contributed by atoms with Gasteiger partial charge in [0.05, 0.1) is 0 Å². The van der Waals surface area contributed by atoms with Crippen LogP contribution in [0.15, 0.2) is 12.3 Å². The third kappa shape index (κ3) is 3.06. The van der Waals surface area contributed by atoms with E-state index < -0.39 is 0 Å². The summed E-state index contributed by atoms with van der Waals surface area (Å²) in [6.45, 7) is 6.68. The first-order valence-corrected chi connectivity index (χ1v) is 8.24. The van der Waals surface area contributed by atoms with Crippen LogP contribution in [-0.2, 0) is 6.54 Å². The minimum absolute atomic E-state index is 0.791. The maximum Gasteiger partial charge on any atom is 0.131 e. The fraction of sp³-hybridized carbons (Fsp3) is 0.706. The average molecular weight is 288 g/mol. The van der Waals surface area contributed by atoms with Crippen LogP contribution in [0.2, 0.25) is 0 Å². The first-order chi connectivity index (χ1) is 10.2. The van der Waals surface area contributed by atoms with Gasteiger partial charge in [0.1, 0.15) is 5.82 Å². The van der Waals surface area contributed by atoms with E-state index in [9.17, 15) is 0 Å². The van der Waals surface area contributed by atoms with Crippen molar-refractivity contribution < 1.29 is 0 Å². The van der Waals surface area contributed by atoms with Gasteiger partial charge in [-0.05, 0) is 69.9 Å². The molecule has 0 spiro atoms. The second-order valence-electron chi connectivity index (χ2n) is 6.70. The zero-order valence-corrected chi connectivity index (χ0v) is 13.6. The largest absolute Gasteiger partial charge is 0.356 e. The zero-order valence-electron chi connectivity index (χ0n) is 13.6. The monoisotopic (exact) mass is 288 g/mol. The molecular weight excluding hydrogens is 260 g/mol. The van der Waals surface area contributed by atoms with E-state index in [1.54, 1.807) is 0 Å². The number of aromatic nitrogens is 1. The van der Waals surface area contributed by atoms with Crippen molar-refractivity contribution in [2.45, 2.75) is 38.8 Å². The van der Waals surface area contributed by atoms with Crippen LogP contribution in [0.3, 0.4) is 0 Å². The Hall–Kier alpha value is -1.13. The van der Waals surface area contributed by atoms with Crippen molar-refractivity contribution in [3.63, 3.8) is 0 Å². The van der Waals surface area contributed by atoms with Crippen LogP contribution < -0.4 is 10.2 Å². The zero-order chi connectivity index (χ0) is 14.8. The summed E-state index contributed by atoms with van der Waals surface area (Å²) in [4.78, 5) is 9.83. The molecular formula is C17H28N4. The van der Waals surface area contributed by atoms with Crippen LogP contribution in [0.1, 0.15) is 30.4 Å².